The molecule has 8 aromatic rings. The number of benzene rings is 7. The molecular formula is C45H34N4Si. The lowest BCUT2D eigenvalue weighted by Crippen LogP contribution is -2.74. The molecule has 1 N–H and O–H groups in total. The molecule has 0 amide bonds. The van der Waals surface area contributed by atoms with Gasteiger partial charge in [0.25, 0.3) is 0 Å². The summed E-state index contributed by atoms with van der Waals surface area (Å²) in [5, 5.41) is 16.4. The maximum Gasteiger partial charge on any atom is 0.179 e. The molecule has 8 rings (SSSR count). The summed E-state index contributed by atoms with van der Waals surface area (Å²) in [6.45, 7) is 0. The van der Waals surface area contributed by atoms with Gasteiger partial charge in [0.15, 0.2) is 19.7 Å². The predicted molar refractivity (Wildman–Crippen MR) is 213 cm³/mol. The second-order valence-corrected chi connectivity index (χ2v) is 16.0. The number of aromatic nitrogens is 1. The molecule has 4 nitrogen and oxygen atoms in total. The van der Waals surface area contributed by atoms with Crippen molar-refractivity contribution in [1.82, 2.24) is 4.57 Å². The van der Waals surface area contributed by atoms with E-state index in [0.29, 0.717) is 5.84 Å². The second kappa shape index (κ2) is 13.6. The molecule has 0 atom stereocenters. The van der Waals surface area contributed by atoms with E-state index in [0.717, 1.165) is 27.5 Å². The van der Waals surface area contributed by atoms with Crippen LogP contribution in [0.4, 0.5) is 0 Å². The van der Waals surface area contributed by atoms with E-state index < -0.39 is 8.07 Å². The quantitative estimate of drug-likeness (QED) is 0.0798. The summed E-state index contributed by atoms with van der Waals surface area (Å²) < 4.78 is 2.15. The van der Waals surface area contributed by atoms with E-state index in [1.165, 1.54) is 26.1 Å². The first-order valence-electron chi connectivity index (χ1n) is 16.8. The summed E-state index contributed by atoms with van der Waals surface area (Å²) in [6.07, 6.45) is 1.85. The van der Waals surface area contributed by atoms with Gasteiger partial charge in [-0.05, 0) is 32.9 Å². The predicted octanol–water partition coefficient (Wildman–Crippen LogP) is 7.52. The van der Waals surface area contributed by atoms with Crippen LogP contribution in [0.25, 0.3) is 21.8 Å². The van der Waals surface area contributed by atoms with E-state index in [4.69, 9.17) is 15.4 Å². The third-order valence-corrected chi connectivity index (χ3v) is 14.1. The maximum atomic E-state index is 8.76. The Labute approximate surface area is 292 Å². The van der Waals surface area contributed by atoms with Gasteiger partial charge in [0, 0.05) is 21.9 Å². The third-order valence-electron chi connectivity index (χ3n) is 9.36. The Balaban J connectivity index is 1.34. The Morgan fingerprint density at radius 2 is 0.920 bits per heavy atom. The van der Waals surface area contributed by atoms with Crippen molar-refractivity contribution in [2.75, 3.05) is 0 Å². The van der Waals surface area contributed by atoms with E-state index in [2.05, 4.69) is 138 Å². The SMILES string of the molecule is N=C(N=C(N=Cn1c2ccccc2c2cc([Si](c3ccccc3)(c3ccccc3)c3ccccc3)ccc21)c1ccccc1)c1ccccc1. The first kappa shape index (κ1) is 30.9. The van der Waals surface area contributed by atoms with Crippen LogP contribution in [0, 0.1) is 5.41 Å². The van der Waals surface area contributed by atoms with Gasteiger partial charge in [0.05, 0.1) is 11.0 Å². The lowest BCUT2D eigenvalue weighted by atomic mass is 10.1. The molecule has 0 fully saturated rings. The number of hydrogen-bond donors (Lipinski definition) is 1. The van der Waals surface area contributed by atoms with Gasteiger partial charge >= 0.3 is 0 Å². The lowest BCUT2D eigenvalue weighted by Gasteiger charge is -2.34. The van der Waals surface area contributed by atoms with Gasteiger partial charge in [0.1, 0.15) is 6.34 Å². The van der Waals surface area contributed by atoms with Crippen molar-refractivity contribution in [3.8, 4) is 0 Å². The van der Waals surface area contributed by atoms with E-state index in [-0.39, 0.29) is 5.84 Å². The Bertz CT molecular complexity index is 2380. The number of rotatable bonds is 7. The maximum absolute atomic E-state index is 8.76. The number of aliphatic imine (C=N–C) groups is 2. The molecule has 0 radical (unpaired) electrons. The summed E-state index contributed by atoms with van der Waals surface area (Å²) in [5.41, 5.74) is 3.70. The summed E-state index contributed by atoms with van der Waals surface area (Å²) in [7, 11) is -2.71. The third kappa shape index (κ3) is 5.60. The van der Waals surface area contributed by atoms with E-state index >= 15 is 0 Å². The molecule has 50 heavy (non-hydrogen) atoms. The van der Waals surface area contributed by atoms with Gasteiger partial charge in [-0.25, -0.2) is 9.98 Å². The van der Waals surface area contributed by atoms with Gasteiger partial charge < -0.3 is 0 Å². The average molecular weight is 659 g/mol. The Morgan fingerprint density at radius 1 is 0.460 bits per heavy atom. The molecule has 1 heterocycles. The van der Waals surface area contributed by atoms with Gasteiger partial charge in [0.2, 0.25) is 0 Å². The molecule has 0 aliphatic carbocycles. The highest BCUT2D eigenvalue weighted by Crippen LogP contribution is 2.28. The lowest BCUT2D eigenvalue weighted by molar-refractivity contribution is 1.31. The smallest absolute Gasteiger partial charge is 0.179 e. The fourth-order valence-corrected chi connectivity index (χ4v) is 11.8. The average Bonchev–Trinajstić information content (AvgIpc) is 3.51. The molecule has 0 bridgehead atoms. The van der Waals surface area contributed by atoms with Crippen molar-refractivity contribution < 1.29 is 0 Å². The molecule has 1 aromatic heterocycles. The molecule has 0 aliphatic heterocycles. The van der Waals surface area contributed by atoms with Crippen LogP contribution in [0.2, 0.25) is 0 Å². The Hall–Kier alpha value is -6.43. The van der Waals surface area contributed by atoms with Crippen molar-refractivity contribution in [1.29, 1.82) is 5.41 Å². The van der Waals surface area contributed by atoms with Crippen molar-refractivity contribution in [2.45, 2.75) is 0 Å². The number of fused-ring (bicyclic) bond motifs is 3. The molecule has 0 spiro atoms. The highest BCUT2D eigenvalue weighted by atomic mass is 28.3. The zero-order valence-corrected chi connectivity index (χ0v) is 28.4. The normalized spacial score (nSPS) is 12.1. The van der Waals surface area contributed by atoms with Crippen molar-refractivity contribution in [3.63, 3.8) is 0 Å². The minimum Gasteiger partial charge on any atom is -0.300 e. The molecule has 0 saturated heterocycles. The van der Waals surface area contributed by atoms with Gasteiger partial charge in [-0.1, -0.05) is 182 Å². The first-order chi connectivity index (χ1) is 24.7. The summed E-state index contributed by atoms with van der Waals surface area (Å²) >= 11 is 0. The molecule has 238 valence electrons. The van der Waals surface area contributed by atoms with Crippen molar-refractivity contribution in [2.24, 2.45) is 9.98 Å². The second-order valence-electron chi connectivity index (χ2n) is 12.2. The number of amidine groups is 2. The highest BCUT2D eigenvalue weighted by Gasteiger charge is 2.41. The number of hydrogen-bond acceptors (Lipinski definition) is 1. The summed E-state index contributed by atoms with van der Waals surface area (Å²) in [6, 6.07) is 68.0. The van der Waals surface area contributed by atoms with E-state index in [1.54, 1.807) is 0 Å². The minimum atomic E-state index is -2.71. The molecule has 0 unspecified atom stereocenters. The van der Waals surface area contributed by atoms with Crippen LogP contribution in [0.15, 0.2) is 204 Å². The summed E-state index contributed by atoms with van der Waals surface area (Å²) in [4.78, 5) is 9.69. The Kier molecular flexibility index (Phi) is 8.39. The van der Waals surface area contributed by atoms with Crippen LogP contribution in [-0.2, 0) is 0 Å². The fraction of sp³-hybridized carbons (Fsp3) is 0. The molecule has 0 aliphatic rings. The van der Waals surface area contributed by atoms with Crippen molar-refractivity contribution >= 4 is 68.6 Å². The molecule has 0 saturated carbocycles. The van der Waals surface area contributed by atoms with Crippen LogP contribution < -0.4 is 20.7 Å². The molecule has 7 aromatic carbocycles. The standard InChI is InChI=1S/C45H34N4Si/c46-44(34-18-6-1-7-19-34)48-45(35-20-8-2-9-21-35)47-33-49-42-29-17-16-28-40(42)41-32-39(30-31-43(41)49)50(36-22-10-3-11-23-36,37-24-12-4-13-25-37)38-26-14-5-15-27-38/h1-33,46H. The zero-order chi connectivity index (χ0) is 33.8. The summed E-state index contributed by atoms with van der Waals surface area (Å²) in [5.74, 6) is 0.642. The largest absolute Gasteiger partial charge is 0.300 e. The van der Waals surface area contributed by atoms with Gasteiger partial charge in [-0.3, -0.25) is 9.98 Å². The monoisotopic (exact) mass is 658 g/mol. The number of nitrogens with zero attached hydrogens (tertiary/aromatic N) is 3. The van der Waals surface area contributed by atoms with Crippen LogP contribution in [0.1, 0.15) is 11.1 Å². The van der Waals surface area contributed by atoms with E-state index in [9.17, 15) is 0 Å². The topological polar surface area (TPSA) is 53.5 Å². The van der Waals surface area contributed by atoms with Crippen LogP contribution in [0.5, 0.6) is 0 Å². The van der Waals surface area contributed by atoms with Crippen LogP contribution >= 0.6 is 0 Å². The Morgan fingerprint density at radius 3 is 1.48 bits per heavy atom. The van der Waals surface area contributed by atoms with E-state index in [1.807, 2.05) is 67.0 Å². The van der Waals surface area contributed by atoms with Gasteiger partial charge in [-0.15, -0.1) is 0 Å². The molecular weight excluding hydrogens is 625 g/mol. The fourth-order valence-electron chi connectivity index (χ4n) is 7.06. The first-order valence-corrected chi connectivity index (χ1v) is 18.8. The minimum absolute atomic E-state index is 0.164. The molecule has 5 heteroatoms. The number of para-hydroxylation sites is 1. The van der Waals surface area contributed by atoms with Crippen molar-refractivity contribution in [3.05, 3.63) is 205 Å². The van der Waals surface area contributed by atoms with Crippen LogP contribution in [0.3, 0.4) is 0 Å². The van der Waals surface area contributed by atoms with Gasteiger partial charge in [-0.2, -0.15) is 0 Å². The zero-order valence-electron chi connectivity index (χ0n) is 27.4. The highest BCUT2D eigenvalue weighted by molar-refractivity contribution is 7.20. The number of nitrogens with one attached hydrogen (secondary N) is 1. The van der Waals surface area contributed by atoms with Crippen LogP contribution in [-0.4, -0.2) is 30.7 Å².